The summed E-state index contributed by atoms with van der Waals surface area (Å²) in [5.41, 5.74) is 8.57. The van der Waals surface area contributed by atoms with Gasteiger partial charge in [-0.25, -0.2) is 0 Å². The molecular formula is C16H26N2O. The predicted octanol–water partition coefficient (Wildman–Crippen LogP) is 3.48. The van der Waals surface area contributed by atoms with E-state index in [2.05, 4.69) is 24.0 Å². The van der Waals surface area contributed by atoms with E-state index in [9.17, 15) is 0 Å². The average Bonchev–Trinajstić information content (AvgIpc) is 2.62. The van der Waals surface area contributed by atoms with E-state index in [1.807, 2.05) is 13.0 Å². The van der Waals surface area contributed by atoms with Crippen LogP contribution in [0.3, 0.4) is 0 Å². The van der Waals surface area contributed by atoms with E-state index in [-0.39, 0.29) is 6.04 Å². The van der Waals surface area contributed by atoms with Gasteiger partial charge in [-0.1, -0.05) is 18.9 Å². The first kappa shape index (κ1) is 14.2. The average molecular weight is 262 g/mol. The Labute approximate surface area is 116 Å². The zero-order valence-electron chi connectivity index (χ0n) is 12.4. The van der Waals surface area contributed by atoms with Gasteiger partial charge in [0.15, 0.2) is 0 Å². The van der Waals surface area contributed by atoms with Crippen LogP contribution in [0.15, 0.2) is 18.2 Å². The third kappa shape index (κ3) is 3.03. The molecule has 2 N–H and O–H groups in total. The standard InChI is InChI=1S/C16H26N2O/c1-12-8-5-4-6-11-18(12)14-9-7-10-15(19-3)16(14)13(2)17/h7,9-10,12-13H,4-6,8,11,17H2,1-3H3/t12?,13-/m1/s1. The Hall–Kier alpha value is -1.22. The fraction of sp³-hybridized carbons (Fsp3) is 0.625. The van der Waals surface area contributed by atoms with Crippen LogP contribution in [0.2, 0.25) is 0 Å². The topological polar surface area (TPSA) is 38.5 Å². The molecule has 0 spiro atoms. The van der Waals surface area contributed by atoms with Gasteiger partial charge in [0.2, 0.25) is 0 Å². The lowest BCUT2D eigenvalue weighted by Crippen LogP contribution is -2.33. The molecule has 0 aliphatic carbocycles. The number of nitrogens with zero attached hydrogens (tertiary/aromatic N) is 1. The summed E-state index contributed by atoms with van der Waals surface area (Å²) in [6.07, 6.45) is 5.18. The van der Waals surface area contributed by atoms with E-state index in [4.69, 9.17) is 10.5 Å². The molecule has 1 heterocycles. The molecule has 3 nitrogen and oxygen atoms in total. The fourth-order valence-electron chi connectivity index (χ4n) is 3.05. The van der Waals surface area contributed by atoms with Crippen LogP contribution in [0, 0.1) is 0 Å². The summed E-state index contributed by atoms with van der Waals surface area (Å²) in [4.78, 5) is 2.51. The number of ether oxygens (including phenoxy) is 1. The van der Waals surface area contributed by atoms with Crippen LogP contribution in [0.25, 0.3) is 0 Å². The Morgan fingerprint density at radius 2 is 2.11 bits per heavy atom. The van der Waals surface area contributed by atoms with Crippen LogP contribution in [-0.2, 0) is 0 Å². The van der Waals surface area contributed by atoms with Gasteiger partial charge in [0, 0.05) is 29.9 Å². The van der Waals surface area contributed by atoms with Crippen LogP contribution in [0.4, 0.5) is 5.69 Å². The minimum atomic E-state index is -0.0124. The number of methoxy groups -OCH3 is 1. The quantitative estimate of drug-likeness (QED) is 0.906. The van der Waals surface area contributed by atoms with Gasteiger partial charge < -0.3 is 15.4 Å². The smallest absolute Gasteiger partial charge is 0.125 e. The summed E-state index contributed by atoms with van der Waals surface area (Å²) in [5.74, 6) is 0.906. The Morgan fingerprint density at radius 3 is 2.79 bits per heavy atom. The van der Waals surface area contributed by atoms with E-state index in [1.54, 1.807) is 7.11 Å². The maximum atomic E-state index is 6.18. The lowest BCUT2D eigenvalue weighted by molar-refractivity contribution is 0.406. The Morgan fingerprint density at radius 1 is 1.32 bits per heavy atom. The van der Waals surface area contributed by atoms with Crippen LogP contribution in [0.5, 0.6) is 5.75 Å². The second kappa shape index (κ2) is 6.29. The lowest BCUT2D eigenvalue weighted by Gasteiger charge is -2.32. The van der Waals surface area contributed by atoms with E-state index >= 15 is 0 Å². The molecule has 1 aliphatic rings. The highest BCUT2D eigenvalue weighted by atomic mass is 16.5. The molecule has 3 heteroatoms. The van der Waals surface area contributed by atoms with Crippen LogP contribution in [0.1, 0.15) is 51.1 Å². The van der Waals surface area contributed by atoms with Crippen molar-refractivity contribution in [1.29, 1.82) is 0 Å². The summed E-state index contributed by atoms with van der Waals surface area (Å²) < 4.78 is 5.50. The predicted molar refractivity (Wildman–Crippen MR) is 80.9 cm³/mol. The molecule has 2 atom stereocenters. The van der Waals surface area contributed by atoms with E-state index in [1.165, 1.54) is 31.4 Å². The molecule has 0 bridgehead atoms. The summed E-state index contributed by atoms with van der Waals surface area (Å²) in [6.45, 7) is 5.47. The van der Waals surface area contributed by atoms with Gasteiger partial charge in [-0.05, 0) is 38.8 Å². The van der Waals surface area contributed by atoms with Crippen molar-refractivity contribution in [3.05, 3.63) is 23.8 Å². The Balaban J connectivity index is 2.42. The third-order valence-electron chi connectivity index (χ3n) is 4.08. The number of anilines is 1. The number of hydrogen-bond acceptors (Lipinski definition) is 3. The first-order valence-electron chi connectivity index (χ1n) is 7.34. The van der Waals surface area contributed by atoms with Gasteiger partial charge in [0.25, 0.3) is 0 Å². The van der Waals surface area contributed by atoms with Gasteiger partial charge in [-0.15, -0.1) is 0 Å². The number of benzene rings is 1. The van der Waals surface area contributed by atoms with Crippen molar-refractivity contribution in [3.63, 3.8) is 0 Å². The van der Waals surface area contributed by atoms with Crippen molar-refractivity contribution >= 4 is 5.69 Å². The minimum Gasteiger partial charge on any atom is -0.496 e. The molecule has 19 heavy (non-hydrogen) atoms. The fourth-order valence-corrected chi connectivity index (χ4v) is 3.05. The molecule has 1 aromatic rings. The third-order valence-corrected chi connectivity index (χ3v) is 4.08. The molecule has 0 amide bonds. The van der Waals surface area contributed by atoms with Gasteiger partial charge >= 0.3 is 0 Å². The molecule has 2 rings (SSSR count). The molecule has 1 aromatic carbocycles. The molecule has 1 fully saturated rings. The highest BCUT2D eigenvalue weighted by Crippen LogP contribution is 2.36. The first-order chi connectivity index (χ1) is 9.15. The lowest BCUT2D eigenvalue weighted by atomic mass is 10.0. The molecule has 0 aromatic heterocycles. The normalized spacial score (nSPS) is 21.9. The van der Waals surface area contributed by atoms with E-state index in [0.717, 1.165) is 17.9 Å². The summed E-state index contributed by atoms with van der Waals surface area (Å²) in [5, 5.41) is 0. The second-order valence-corrected chi connectivity index (χ2v) is 5.57. The minimum absolute atomic E-state index is 0.0124. The monoisotopic (exact) mass is 262 g/mol. The van der Waals surface area contributed by atoms with Crippen molar-refractivity contribution in [2.45, 2.75) is 51.6 Å². The molecule has 0 saturated carbocycles. The Kier molecular flexibility index (Phi) is 4.70. The van der Waals surface area contributed by atoms with E-state index < -0.39 is 0 Å². The van der Waals surface area contributed by atoms with Gasteiger partial charge in [0.05, 0.1) is 7.11 Å². The van der Waals surface area contributed by atoms with Gasteiger partial charge in [-0.2, -0.15) is 0 Å². The van der Waals surface area contributed by atoms with Crippen molar-refractivity contribution in [3.8, 4) is 5.75 Å². The summed E-state index contributed by atoms with van der Waals surface area (Å²) >= 11 is 0. The zero-order chi connectivity index (χ0) is 13.8. The molecule has 1 aliphatic heterocycles. The first-order valence-corrected chi connectivity index (χ1v) is 7.34. The van der Waals surface area contributed by atoms with Crippen molar-refractivity contribution in [2.24, 2.45) is 5.73 Å². The zero-order valence-corrected chi connectivity index (χ0v) is 12.4. The van der Waals surface area contributed by atoms with Crippen LogP contribution >= 0.6 is 0 Å². The van der Waals surface area contributed by atoms with Crippen molar-refractivity contribution < 1.29 is 4.74 Å². The maximum Gasteiger partial charge on any atom is 0.125 e. The highest BCUT2D eigenvalue weighted by Gasteiger charge is 2.22. The summed E-state index contributed by atoms with van der Waals surface area (Å²) in [7, 11) is 1.72. The highest BCUT2D eigenvalue weighted by molar-refractivity contribution is 5.61. The molecule has 1 saturated heterocycles. The largest absolute Gasteiger partial charge is 0.496 e. The van der Waals surface area contributed by atoms with E-state index in [0.29, 0.717) is 6.04 Å². The maximum absolute atomic E-state index is 6.18. The van der Waals surface area contributed by atoms with Crippen molar-refractivity contribution in [2.75, 3.05) is 18.6 Å². The number of hydrogen-bond donors (Lipinski definition) is 1. The van der Waals surface area contributed by atoms with Gasteiger partial charge in [0.1, 0.15) is 5.75 Å². The van der Waals surface area contributed by atoms with Crippen LogP contribution in [-0.4, -0.2) is 19.7 Å². The number of nitrogens with two attached hydrogens (primary N) is 1. The Bertz CT molecular complexity index is 417. The molecule has 106 valence electrons. The SMILES string of the molecule is COc1cccc(N2CCCCCC2C)c1[C@@H](C)N. The number of rotatable bonds is 3. The van der Waals surface area contributed by atoms with Gasteiger partial charge in [-0.3, -0.25) is 0 Å². The molecule has 1 unspecified atom stereocenters. The molecular weight excluding hydrogens is 236 g/mol. The van der Waals surface area contributed by atoms with Crippen LogP contribution < -0.4 is 15.4 Å². The van der Waals surface area contributed by atoms with Crippen molar-refractivity contribution in [1.82, 2.24) is 0 Å². The molecule has 0 radical (unpaired) electrons. The summed E-state index contributed by atoms with van der Waals surface area (Å²) in [6, 6.07) is 6.82. The second-order valence-electron chi connectivity index (χ2n) is 5.57.